The van der Waals surface area contributed by atoms with Gasteiger partial charge in [0.05, 0.1) is 37.2 Å². The van der Waals surface area contributed by atoms with E-state index < -0.39 is 10.0 Å². The monoisotopic (exact) mass is 438 g/mol. The summed E-state index contributed by atoms with van der Waals surface area (Å²) >= 11 is 0. The Balaban J connectivity index is 1.42. The van der Waals surface area contributed by atoms with Crippen molar-refractivity contribution in [3.63, 3.8) is 0 Å². The minimum Gasteiger partial charge on any atom is -0.376 e. The molecule has 1 aliphatic heterocycles. The van der Waals surface area contributed by atoms with Crippen molar-refractivity contribution in [1.82, 2.24) is 9.29 Å². The molecule has 168 valence electrons. The van der Waals surface area contributed by atoms with Crippen LogP contribution < -0.4 is 10.3 Å². The van der Waals surface area contributed by atoms with Gasteiger partial charge in [-0.3, -0.25) is 4.79 Å². The summed E-state index contributed by atoms with van der Waals surface area (Å²) in [6, 6.07) is 3.15. The molecule has 2 atom stereocenters. The van der Waals surface area contributed by atoms with Gasteiger partial charge in [-0.2, -0.15) is 0 Å². The Morgan fingerprint density at radius 3 is 2.33 bits per heavy atom. The third-order valence-corrected chi connectivity index (χ3v) is 7.56. The first-order valence-corrected chi connectivity index (χ1v) is 13.1. The van der Waals surface area contributed by atoms with Gasteiger partial charge in [0, 0.05) is 17.3 Å². The van der Waals surface area contributed by atoms with Gasteiger partial charge in [-0.15, -0.1) is 0 Å². The van der Waals surface area contributed by atoms with E-state index in [1.807, 2.05) is 12.1 Å². The molecule has 3 aliphatic rings. The number of ether oxygens (including phenoxy) is 2. The molecule has 0 aromatic carbocycles. The molecule has 0 saturated heterocycles. The summed E-state index contributed by atoms with van der Waals surface area (Å²) in [4.78, 5) is 12.9. The van der Waals surface area contributed by atoms with Crippen molar-refractivity contribution in [2.45, 2.75) is 95.1 Å². The van der Waals surface area contributed by atoms with E-state index in [0.717, 1.165) is 31.4 Å². The first-order valence-electron chi connectivity index (χ1n) is 11.3. The predicted octanol–water partition coefficient (Wildman–Crippen LogP) is 2.46. The van der Waals surface area contributed by atoms with Gasteiger partial charge in [-0.05, 0) is 70.8 Å². The third-order valence-electron chi connectivity index (χ3n) is 6.83. The fourth-order valence-corrected chi connectivity index (χ4v) is 5.71. The zero-order valence-electron chi connectivity index (χ0n) is 18.0. The van der Waals surface area contributed by atoms with Crippen LogP contribution in [0.1, 0.15) is 68.7 Å². The number of aryl methyl sites for hydroxylation is 2. The van der Waals surface area contributed by atoms with Gasteiger partial charge in [0.1, 0.15) is 0 Å². The fourth-order valence-electron chi connectivity index (χ4n) is 4.89. The number of rotatable bonds is 7. The highest BCUT2D eigenvalue weighted by molar-refractivity contribution is 7.88. The van der Waals surface area contributed by atoms with Crippen LogP contribution in [-0.4, -0.2) is 50.2 Å². The summed E-state index contributed by atoms with van der Waals surface area (Å²) in [5.41, 5.74) is 1.56. The molecule has 2 saturated carbocycles. The van der Waals surface area contributed by atoms with Crippen molar-refractivity contribution in [2.24, 2.45) is 0 Å². The molecule has 0 radical (unpaired) electrons. The number of aromatic nitrogens is 1. The SMILES string of the molecule is Cc1ccc2n(c1=O)[C@@H](COC1CCC(OC3CCC3)CC1)[C@@H](NS(C)(=O)=O)CC2. The molecular formula is C22H34N2O5S. The molecule has 0 amide bonds. The van der Waals surface area contributed by atoms with Gasteiger partial charge in [-0.1, -0.05) is 6.07 Å². The number of fused-ring (bicyclic) bond motifs is 1. The molecule has 0 spiro atoms. The Labute approximate surface area is 179 Å². The first-order chi connectivity index (χ1) is 14.3. The molecular weight excluding hydrogens is 404 g/mol. The van der Waals surface area contributed by atoms with E-state index in [1.54, 1.807) is 11.5 Å². The lowest BCUT2D eigenvalue weighted by Crippen LogP contribution is -2.49. The summed E-state index contributed by atoms with van der Waals surface area (Å²) in [6.45, 7) is 2.13. The molecule has 4 rings (SSSR count). The highest BCUT2D eigenvalue weighted by Crippen LogP contribution is 2.31. The number of pyridine rings is 1. The lowest BCUT2D eigenvalue weighted by Gasteiger charge is -2.38. The number of nitrogens with one attached hydrogen (secondary N) is 1. The quantitative estimate of drug-likeness (QED) is 0.707. The van der Waals surface area contributed by atoms with Gasteiger partial charge in [0.25, 0.3) is 5.56 Å². The molecule has 2 fully saturated rings. The van der Waals surface area contributed by atoms with E-state index in [4.69, 9.17) is 9.47 Å². The zero-order valence-corrected chi connectivity index (χ0v) is 18.8. The molecule has 0 bridgehead atoms. The Kier molecular flexibility index (Phi) is 6.67. The smallest absolute Gasteiger partial charge is 0.254 e. The van der Waals surface area contributed by atoms with Crippen LogP contribution in [-0.2, 0) is 25.9 Å². The average Bonchev–Trinajstić information content (AvgIpc) is 2.66. The number of hydrogen-bond acceptors (Lipinski definition) is 5. The van der Waals surface area contributed by atoms with Gasteiger partial charge >= 0.3 is 0 Å². The lowest BCUT2D eigenvalue weighted by atomic mass is 9.92. The molecule has 7 nitrogen and oxygen atoms in total. The number of nitrogens with zero attached hydrogens (tertiary/aromatic N) is 1. The minimum absolute atomic E-state index is 0.0568. The topological polar surface area (TPSA) is 86.6 Å². The number of sulfonamides is 1. The van der Waals surface area contributed by atoms with E-state index in [9.17, 15) is 13.2 Å². The maximum Gasteiger partial charge on any atom is 0.254 e. The molecule has 8 heteroatoms. The summed E-state index contributed by atoms with van der Waals surface area (Å²) in [5, 5.41) is 0. The Morgan fingerprint density at radius 2 is 1.70 bits per heavy atom. The standard InChI is InChI=1S/C22H34N2O5S/c1-15-6-7-16-8-13-20(23-30(2,26)27)21(24(16)22(15)25)14-28-17-9-11-19(12-10-17)29-18-4-3-5-18/h6-7,17-21,23H,3-5,8-14H2,1-2H3/t17?,19?,20-,21-/m0/s1. The van der Waals surface area contributed by atoms with E-state index in [-0.39, 0.29) is 23.7 Å². The second-order valence-corrected chi connectivity index (χ2v) is 11.0. The van der Waals surface area contributed by atoms with Gasteiger partial charge in [0.15, 0.2) is 0 Å². The minimum atomic E-state index is -3.38. The van der Waals surface area contributed by atoms with E-state index in [2.05, 4.69) is 4.72 Å². The van der Waals surface area contributed by atoms with Crippen LogP contribution in [0.5, 0.6) is 0 Å². The highest BCUT2D eigenvalue weighted by Gasteiger charge is 2.34. The Morgan fingerprint density at radius 1 is 1.03 bits per heavy atom. The maximum absolute atomic E-state index is 12.9. The zero-order chi connectivity index (χ0) is 21.3. The Hall–Kier alpha value is -1.22. The molecule has 1 aromatic heterocycles. The van der Waals surface area contributed by atoms with Crippen molar-refractivity contribution in [2.75, 3.05) is 12.9 Å². The van der Waals surface area contributed by atoms with Crippen LogP contribution in [0.3, 0.4) is 0 Å². The Bertz CT molecular complexity index is 901. The van der Waals surface area contributed by atoms with Crippen LogP contribution in [0.2, 0.25) is 0 Å². The summed E-state index contributed by atoms with van der Waals surface area (Å²) in [6.07, 6.45) is 11.0. The third kappa shape index (κ3) is 5.15. The van der Waals surface area contributed by atoms with Crippen molar-refractivity contribution in [3.8, 4) is 0 Å². The fraction of sp³-hybridized carbons (Fsp3) is 0.773. The largest absolute Gasteiger partial charge is 0.376 e. The van der Waals surface area contributed by atoms with Crippen LogP contribution in [0.4, 0.5) is 0 Å². The van der Waals surface area contributed by atoms with Gasteiger partial charge < -0.3 is 14.0 Å². The van der Waals surface area contributed by atoms with Gasteiger partial charge in [0.2, 0.25) is 10.0 Å². The van der Waals surface area contributed by atoms with Crippen LogP contribution in [0.25, 0.3) is 0 Å². The van der Waals surface area contributed by atoms with E-state index in [1.165, 1.54) is 25.5 Å². The number of hydrogen-bond donors (Lipinski definition) is 1. The molecule has 1 N–H and O–H groups in total. The molecule has 30 heavy (non-hydrogen) atoms. The second kappa shape index (κ2) is 9.10. The van der Waals surface area contributed by atoms with E-state index >= 15 is 0 Å². The van der Waals surface area contributed by atoms with Crippen molar-refractivity contribution in [1.29, 1.82) is 0 Å². The van der Waals surface area contributed by atoms with Crippen LogP contribution >= 0.6 is 0 Å². The van der Waals surface area contributed by atoms with Gasteiger partial charge in [-0.25, -0.2) is 13.1 Å². The lowest BCUT2D eigenvalue weighted by molar-refractivity contribution is -0.0887. The van der Waals surface area contributed by atoms with E-state index in [0.29, 0.717) is 37.2 Å². The highest BCUT2D eigenvalue weighted by atomic mass is 32.2. The molecule has 2 aliphatic carbocycles. The van der Waals surface area contributed by atoms with Crippen LogP contribution in [0.15, 0.2) is 16.9 Å². The molecule has 1 aromatic rings. The van der Waals surface area contributed by atoms with Crippen molar-refractivity contribution >= 4 is 10.0 Å². The average molecular weight is 439 g/mol. The second-order valence-electron chi connectivity index (χ2n) is 9.21. The first kappa shape index (κ1) is 22.0. The maximum atomic E-state index is 12.9. The normalized spacial score (nSPS) is 29.9. The summed E-state index contributed by atoms with van der Waals surface area (Å²) < 4.78 is 40.7. The summed E-state index contributed by atoms with van der Waals surface area (Å²) in [5.74, 6) is 0. The molecule has 2 heterocycles. The van der Waals surface area contributed by atoms with Crippen molar-refractivity contribution < 1.29 is 17.9 Å². The van der Waals surface area contributed by atoms with Crippen molar-refractivity contribution in [3.05, 3.63) is 33.7 Å². The molecule has 0 unspecified atom stereocenters. The summed E-state index contributed by atoms with van der Waals surface area (Å²) in [7, 11) is -3.38. The predicted molar refractivity (Wildman–Crippen MR) is 115 cm³/mol. The van der Waals surface area contributed by atoms with Crippen LogP contribution in [0, 0.1) is 6.92 Å².